The van der Waals surface area contributed by atoms with E-state index in [0.29, 0.717) is 37.6 Å². The van der Waals surface area contributed by atoms with Gasteiger partial charge in [0.05, 0.1) is 23.7 Å². The van der Waals surface area contributed by atoms with Crippen LogP contribution in [-0.4, -0.2) is 37.0 Å². The normalized spacial score (nSPS) is 20.9. The lowest BCUT2D eigenvalue weighted by atomic mass is 9.83. The molecule has 1 aliphatic rings. The average molecular weight is 315 g/mol. The highest BCUT2D eigenvalue weighted by Gasteiger charge is 2.34. The van der Waals surface area contributed by atoms with Crippen LogP contribution in [0.3, 0.4) is 0 Å². The third-order valence-corrected chi connectivity index (χ3v) is 4.23. The smallest absolute Gasteiger partial charge is 0.257 e. The molecule has 124 valence electrons. The number of nitriles is 1. The predicted molar refractivity (Wildman–Crippen MR) is 89.2 cm³/mol. The maximum atomic E-state index is 12.9. The second kappa shape index (κ2) is 7.47. The van der Waals surface area contributed by atoms with Crippen LogP contribution in [0, 0.1) is 23.7 Å². The minimum Gasteiger partial charge on any atom is -0.493 e. The first-order valence-corrected chi connectivity index (χ1v) is 8.13. The molecule has 1 atom stereocenters. The van der Waals surface area contributed by atoms with Crippen molar-refractivity contribution in [1.82, 2.24) is 4.90 Å². The molecule has 0 saturated carbocycles. The van der Waals surface area contributed by atoms with Crippen LogP contribution in [0.4, 0.5) is 0 Å². The number of carbonyl (C=O) groups is 1. The summed E-state index contributed by atoms with van der Waals surface area (Å²) in [4.78, 5) is 14.7. The van der Waals surface area contributed by atoms with Gasteiger partial charge in [0.1, 0.15) is 5.75 Å². The summed E-state index contributed by atoms with van der Waals surface area (Å²) < 4.78 is 5.76. The summed E-state index contributed by atoms with van der Waals surface area (Å²) in [6.45, 7) is 6.10. The van der Waals surface area contributed by atoms with Gasteiger partial charge >= 0.3 is 0 Å². The first-order chi connectivity index (χ1) is 11.0. The number of nitrogens with zero attached hydrogens (tertiary/aromatic N) is 2. The highest BCUT2D eigenvalue weighted by atomic mass is 16.5. The molecule has 0 aromatic heterocycles. The van der Waals surface area contributed by atoms with Crippen LogP contribution in [0.25, 0.3) is 0 Å². The van der Waals surface area contributed by atoms with E-state index in [0.717, 1.165) is 24.8 Å². The number of piperidine rings is 1. The van der Waals surface area contributed by atoms with Crippen molar-refractivity contribution in [3.05, 3.63) is 29.3 Å². The van der Waals surface area contributed by atoms with Gasteiger partial charge in [-0.25, -0.2) is 0 Å². The number of ether oxygens (including phenoxy) is 1. The second-order valence-corrected chi connectivity index (χ2v) is 6.49. The molecular formula is C18H25N3O2. The van der Waals surface area contributed by atoms with E-state index in [1.807, 2.05) is 32.0 Å². The summed E-state index contributed by atoms with van der Waals surface area (Å²) in [7, 11) is 0. The Morgan fingerprint density at radius 3 is 3.00 bits per heavy atom. The van der Waals surface area contributed by atoms with E-state index in [2.05, 4.69) is 6.07 Å². The molecule has 5 nitrogen and oxygen atoms in total. The van der Waals surface area contributed by atoms with E-state index in [1.165, 1.54) is 0 Å². The van der Waals surface area contributed by atoms with Crippen molar-refractivity contribution in [2.24, 2.45) is 11.1 Å². The number of aryl methyl sites for hydroxylation is 1. The summed E-state index contributed by atoms with van der Waals surface area (Å²) in [5.74, 6) is 0.543. The van der Waals surface area contributed by atoms with E-state index in [-0.39, 0.29) is 5.91 Å². The van der Waals surface area contributed by atoms with Gasteiger partial charge < -0.3 is 15.4 Å². The zero-order chi connectivity index (χ0) is 16.9. The lowest BCUT2D eigenvalue weighted by molar-refractivity contribution is 0.0625. The SMILES string of the molecule is Cc1ccc(C(=O)N2CCC[C@](C)(C#N)C2)c(OCCCN)c1. The van der Waals surface area contributed by atoms with E-state index in [1.54, 1.807) is 4.90 Å². The summed E-state index contributed by atoms with van der Waals surface area (Å²) in [5, 5.41) is 9.33. The van der Waals surface area contributed by atoms with Crippen molar-refractivity contribution < 1.29 is 9.53 Å². The lowest BCUT2D eigenvalue weighted by Crippen LogP contribution is -2.44. The summed E-state index contributed by atoms with van der Waals surface area (Å²) >= 11 is 0. The molecule has 5 heteroatoms. The van der Waals surface area contributed by atoms with Crippen molar-refractivity contribution in [2.75, 3.05) is 26.2 Å². The van der Waals surface area contributed by atoms with Crippen molar-refractivity contribution in [2.45, 2.75) is 33.1 Å². The van der Waals surface area contributed by atoms with E-state index in [4.69, 9.17) is 10.5 Å². The summed E-state index contributed by atoms with van der Waals surface area (Å²) in [6, 6.07) is 7.96. The first-order valence-electron chi connectivity index (χ1n) is 8.13. The molecular weight excluding hydrogens is 290 g/mol. The minimum absolute atomic E-state index is 0.0612. The second-order valence-electron chi connectivity index (χ2n) is 6.49. The number of likely N-dealkylation sites (tertiary alicyclic amines) is 1. The van der Waals surface area contributed by atoms with E-state index < -0.39 is 5.41 Å². The molecule has 1 fully saturated rings. The van der Waals surface area contributed by atoms with Crippen LogP contribution < -0.4 is 10.5 Å². The number of amides is 1. The molecule has 2 N–H and O–H groups in total. The third kappa shape index (κ3) is 4.23. The minimum atomic E-state index is -0.459. The largest absolute Gasteiger partial charge is 0.493 e. The number of rotatable bonds is 5. The topological polar surface area (TPSA) is 79.3 Å². The highest BCUT2D eigenvalue weighted by Crippen LogP contribution is 2.31. The van der Waals surface area contributed by atoms with Crippen molar-refractivity contribution in [3.63, 3.8) is 0 Å². The highest BCUT2D eigenvalue weighted by molar-refractivity contribution is 5.97. The molecule has 0 aliphatic carbocycles. The summed E-state index contributed by atoms with van der Waals surface area (Å²) in [5.41, 5.74) is 6.65. The average Bonchev–Trinajstić information content (AvgIpc) is 2.55. The van der Waals surface area contributed by atoms with Crippen LogP contribution >= 0.6 is 0 Å². The Morgan fingerprint density at radius 1 is 1.52 bits per heavy atom. The van der Waals surface area contributed by atoms with E-state index in [9.17, 15) is 10.1 Å². The Bertz CT molecular complexity index is 609. The molecule has 1 aromatic rings. The Hall–Kier alpha value is -2.06. The van der Waals surface area contributed by atoms with Crippen LogP contribution in [0.2, 0.25) is 0 Å². The number of hydrogen-bond acceptors (Lipinski definition) is 4. The molecule has 23 heavy (non-hydrogen) atoms. The van der Waals surface area contributed by atoms with Gasteiger partial charge in [0.25, 0.3) is 5.91 Å². The Kier molecular flexibility index (Phi) is 5.62. The molecule has 1 aliphatic heterocycles. The van der Waals surface area contributed by atoms with Gasteiger partial charge in [-0.15, -0.1) is 0 Å². The number of carbonyl (C=O) groups excluding carboxylic acids is 1. The number of hydrogen-bond donors (Lipinski definition) is 1. The molecule has 1 aromatic carbocycles. The predicted octanol–water partition coefficient (Wildman–Crippen LogP) is 2.49. The molecule has 1 heterocycles. The third-order valence-electron chi connectivity index (χ3n) is 4.23. The van der Waals surface area contributed by atoms with Gasteiger partial charge in [-0.1, -0.05) is 6.07 Å². The van der Waals surface area contributed by atoms with Crippen molar-refractivity contribution >= 4 is 5.91 Å². The molecule has 1 saturated heterocycles. The maximum Gasteiger partial charge on any atom is 0.257 e. The van der Waals surface area contributed by atoms with E-state index >= 15 is 0 Å². The van der Waals surface area contributed by atoms with Gasteiger partial charge in [0.2, 0.25) is 0 Å². The fourth-order valence-corrected chi connectivity index (χ4v) is 2.87. The fourth-order valence-electron chi connectivity index (χ4n) is 2.87. The van der Waals surface area contributed by atoms with Crippen LogP contribution in [0.1, 0.15) is 42.1 Å². The molecule has 0 radical (unpaired) electrons. The molecule has 0 unspecified atom stereocenters. The Balaban J connectivity index is 2.20. The van der Waals surface area contributed by atoms with Crippen LogP contribution in [0.15, 0.2) is 18.2 Å². The quantitative estimate of drug-likeness (QED) is 0.847. The van der Waals surface area contributed by atoms with Crippen LogP contribution in [0.5, 0.6) is 5.75 Å². The van der Waals surface area contributed by atoms with Crippen molar-refractivity contribution in [3.8, 4) is 11.8 Å². The van der Waals surface area contributed by atoms with Gasteiger partial charge in [0.15, 0.2) is 0 Å². The molecule has 0 bridgehead atoms. The number of nitrogens with two attached hydrogens (primary N) is 1. The fraction of sp³-hybridized carbons (Fsp3) is 0.556. The van der Waals surface area contributed by atoms with Gasteiger partial charge in [0, 0.05) is 13.1 Å². The maximum absolute atomic E-state index is 12.9. The lowest BCUT2D eigenvalue weighted by Gasteiger charge is -2.36. The zero-order valence-corrected chi connectivity index (χ0v) is 14.0. The van der Waals surface area contributed by atoms with Crippen molar-refractivity contribution in [1.29, 1.82) is 5.26 Å². The molecule has 1 amide bonds. The monoisotopic (exact) mass is 315 g/mol. The molecule has 0 spiro atoms. The Labute approximate surface area is 138 Å². The number of benzene rings is 1. The standard InChI is InChI=1S/C18H25N3O2/c1-14-5-6-15(16(11-14)23-10-4-8-19)17(22)21-9-3-7-18(2,12-20)13-21/h5-6,11H,3-4,7-10,13,19H2,1-2H3/t18-/m1/s1. The van der Waals surface area contributed by atoms with Gasteiger partial charge in [-0.05, 0) is 57.4 Å². The Morgan fingerprint density at radius 2 is 2.30 bits per heavy atom. The zero-order valence-electron chi connectivity index (χ0n) is 14.0. The van der Waals surface area contributed by atoms with Gasteiger partial charge in [-0.2, -0.15) is 5.26 Å². The van der Waals surface area contributed by atoms with Gasteiger partial charge in [-0.3, -0.25) is 4.79 Å². The molecule has 2 rings (SSSR count). The van der Waals surface area contributed by atoms with Crippen LogP contribution in [-0.2, 0) is 0 Å². The summed E-state index contributed by atoms with van der Waals surface area (Å²) in [6.07, 6.45) is 2.43. The first kappa shape index (κ1) is 17.3.